The molecule has 0 radical (unpaired) electrons. The van der Waals surface area contributed by atoms with Gasteiger partial charge in [0, 0.05) is 30.2 Å². The molecule has 1 aromatic carbocycles. The molecule has 0 bridgehead atoms. The normalized spacial score (nSPS) is 11.8. The number of benzene rings is 1. The zero-order chi connectivity index (χ0) is 20.8. The first-order valence-corrected chi connectivity index (χ1v) is 9.86. The highest BCUT2D eigenvalue weighted by atomic mass is 16.3. The second kappa shape index (κ2) is 9.24. The van der Waals surface area contributed by atoms with E-state index in [9.17, 15) is 5.11 Å². The van der Waals surface area contributed by atoms with E-state index in [1.807, 2.05) is 60.8 Å². The summed E-state index contributed by atoms with van der Waals surface area (Å²) in [6, 6.07) is 19.8. The molecule has 3 heterocycles. The largest absolute Gasteiger partial charge is 0.392 e. The van der Waals surface area contributed by atoms with Crippen molar-refractivity contribution in [3.8, 4) is 11.3 Å². The lowest BCUT2D eigenvalue weighted by molar-refractivity contribution is 0.281. The van der Waals surface area contributed by atoms with E-state index < -0.39 is 0 Å². The van der Waals surface area contributed by atoms with Gasteiger partial charge in [-0.25, -0.2) is 15.0 Å². The molecule has 150 valence electrons. The molecule has 0 saturated carbocycles. The molecule has 0 saturated heterocycles. The Morgan fingerprint density at radius 1 is 0.900 bits per heavy atom. The Labute approximate surface area is 175 Å². The van der Waals surface area contributed by atoms with Gasteiger partial charge in [-0.1, -0.05) is 30.3 Å². The molecule has 6 nitrogen and oxygen atoms in total. The Kier molecular flexibility index (Phi) is 6.06. The fraction of sp³-hybridized carbons (Fsp3) is 0.167. The summed E-state index contributed by atoms with van der Waals surface area (Å²) in [5.74, 6) is 1.59. The summed E-state index contributed by atoms with van der Waals surface area (Å²) in [6.45, 7) is 2.18. The lowest BCUT2D eigenvalue weighted by Gasteiger charge is -2.30. The van der Waals surface area contributed by atoms with Crippen LogP contribution in [0.1, 0.15) is 18.1 Å². The molecule has 0 aliphatic carbocycles. The van der Waals surface area contributed by atoms with E-state index in [0.717, 1.165) is 40.4 Å². The van der Waals surface area contributed by atoms with Crippen LogP contribution in [0.2, 0.25) is 0 Å². The Bertz CT molecular complexity index is 1090. The van der Waals surface area contributed by atoms with Gasteiger partial charge >= 0.3 is 0 Å². The number of nitrogens with zero attached hydrogens (tertiary/aromatic N) is 5. The molecule has 1 atom stereocenters. The van der Waals surface area contributed by atoms with Crippen LogP contribution in [0.3, 0.4) is 0 Å². The van der Waals surface area contributed by atoms with Gasteiger partial charge < -0.3 is 10.0 Å². The Morgan fingerprint density at radius 3 is 2.53 bits per heavy atom. The van der Waals surface area contributed by atoms with E-state index in [1.54, 1.807) is 18.7 Å². The first-order valence-electron chi connectivity index (χ1n) is 9.86. The van der Waals surface area contributed by atoms with Gasteiger partial charge in [-0.2, -0.15) is 0 Å². The summed E-state index contributed by atoms with van der Waals surface area (Å²) in [4.78, 5) is 19.8. The molecule has 6 heteroatoms. The van der Waals surface area contributed by atoms with Crippen molar-refractivity contribution < 1.29 is 5.11 Å². The van der Waals surface area contributed by atoms with E-state index in [4.69, 9.17) is 4.98 Å². The monoisotopic (exact) mass is 397 g/mol. The van der Waals surface area contributed by atoms with Gasteiger partial charge in [0.1, 0.15) is 18.0 Å². The fourth-order valence-electron chi connectivity index (χ4n) is 3.52. The molecular formula is C24H23N5O. The summed E-state index contributed by atoms with van der Waals surface area (Å²) in [7, 11) is 0. The Hall–Kier alpha value is -3.64. The van der Waals surface area contributed by atoms with Gasteiger partial charge in [-0.15, -0.1) is 0 Å². The minimum atomic E-state index is 0.0343. The minimum Gasteiger partial charge on any atom is -0.392 e. The van der Waals surface area contributed by atoms with E-state index in [0.29, 0.717) is 0 Å². The molecule has 1 N–H and O–H groups in total. The van der Waals surface area contributed by atoms with Crippen molar-refractivity contribution in [3.63, 3.8) is 0 Å². The number of aromatic nitrogens is 4. The molecular weight excluding hydrogens is 374 g/mol. The van der Waals surface area contributed by atoms with Gasteiger partial charge in [0.25, 0.3) is 0 Å². The standard InChI is InChI=1S/C24H23N5O/c1-18(13-19-5-2-6-20(14-19)16-30)29(23-10-12-26-17-27-23)24-9-3-8-22(28-24)21-7-4-11-25-15-21/h2-12,14-15,17-18,30H,13,16H2,1H3. The molecule has 3 aromatic heterocycles. The molecule has 1 unspecified atom stereocenters. The lowest BCUT2D eigenvalue weighted by atomic mass is 10.0. The van der Waals surface area contributed by atoms with Gasteiger partial charge in [0.15, 0.2) is 0 Å². The van der Waals surface area contributed by atoms with Crippen molar-refractivity contribution in [1.29, 1.82) is 0 Å². The molecule has 0 aliphatic rings. The summed E-state index contributed by atoms with van der Waals surface area (Å²) < 4.78 is 0. The topological polar surface area (TPSA) is 75.0 Å². The zero-order valence-corrected chi connectivity index (χ0v) is 16.8. The molecule has 4 rings (SSSR count). The average Bonchev–Trinajstić information content (AvgIpc) is 2.81. The number of rotatable bonds is 7. The summed E-state index contributed by atoms with van der Waals surface area (Å²) in [5.41, 5.74) is 3.88. The first kappa shape index (κ1) is 19.7. The van der Waals surface area contributed by atoms with Crippen LogP contribution >= 0.6 is 0 Å². The number of hydrogen-bond acceptors (Lipinski definition) is 6. The minimum absolute atomic E-state index is 0.0343. The van der Waals surface area contributed by atoms with Gasteiger partial charge in [-0.3, -0.25) is 4.98 Å². The van der Waals surface area contributed by atoms with Crippen molar-refractivity contribution in [3.05, 3.63) is 96.7 Å². The van der Waals surface area contributed by atoms with E-state index >= 15 is 0 Å². The van der Waals surface area contributed by atoms with Crippen molar-refractivity contribution in [2.75, 3.05) is 4.90 Å². The molecule has 30 heavy (non-hydrogen) atoms. The van der Waals surface area contributed by atoms with Crippen LogP contribution in [0.25, 0.3) is 11.3 Å². The van der Waals surface area contributed by atoms with Gasteiger partial charge in [-0.05, 0) is 54.8 Å². The zero-order valence-electron chi connectivity index (χ0n) is 16.8. The predicted octanol–water partition coefficient (Wildman–Crippen LogP) is 4.20. The van der Waals surface area contributed by atoms with Gasteiger partial charge in [0.05, 0.1) is 12.3 Å². The van der Waals surface area contributed by atoms with Gasteiger partial charge in [0.2, 0.25) is 0 Å². The maximum absolute atomic E-state index is 9.46. The second-order valence-corrected chi connectivity index (χ2v) is 7.09. The third kappa shape index (κ3) is 4.50. The molecule has 0 spiro atoms. The maximum atomic E-state index is 9.46. The van der Waals surface area contributed by atoms with Crippen LogP contribution in [0.5, 0.6) is 0 Å². The number of aliphatic hydroxyl groups excluding tert-OH is 1. The maximum Gasteiger partial charge on any atom is 0.137 e. The van der Waals surface area contributed by atoms with Crippen molar-refractivity contribution in [1.82, 2.24) is 19.9 Å². The lowest BCUT2D eigenvalue weighted by Crippen LogP contribution is -2.31. The Morgan fingerprint density at radius 2 is 1.77 bits per heavy atom. The van der Waals surface area contributed by atoms with Crippen LogP contribution in [0.4, 0.5) is 11.6 Å². The third-order valence-electron chi connectivity index (χ3n) is 4.90. The number of pyridine rings is 2. The third-order valence-corrected chi connectivity index (χ3v) is 4.90. The number of aliphatic hydroxyl groups is 1. The van der Waals surface area contributed by atoms with E-state index in [-0.39, 0.29) is 12.6 Å². The quantitative estimate of drug-likeness (QED) is 0.504. The van der Waals surface area contributed by atoms with Crippen LogP contribution in [0, 0.1) is 0 Å². The SMILES string of the molecule is CC(Cc1cccc(CO)c1)N(c1ccncn1)c1cccc(-c2cccnc2)n1. The molecule has 4 aromatic rings. The van der Waals surface area contributed by atoms with Crippen LogP contribution < -0.4 is 4.90 Å². The average molecular weight is 397 g/mol. The number of anilines is 2. The molecule has 0 aliphatic heterocycles. The highest BCUT2D eigenvalue weighted by Gasteiger charge is 2.20. The Balaban J connectivity index is 1.70. The highest BCUT2D eigenvalue weighted by Crippen LogP contribution is 2.28. The number of hydrogen-bond donors (Lipinski definition) is 1. The summed E-state index contributed by atoms with van der Waals surface area (Å²) >= 11 is 0. The van der Waals surface area contributed by atoms with Crippen LogP contribution in [-0.4, -0.2) is 31.1 Å². The van der Waals surface area contributed by atoms with Crippen LogP contribution in [-0.2, 0) is 13.0 Å². The van der Waals surface area contributed by atoms with Crippen molar-refractivity contribution in [2.45, 2.75) is 26.0 Å². The van der Waals surface area contributed by atoms with Crippen molar-refractivity contribution in [2.24, 2.45) is 0 Å². The molecule has 0 amide bonds. The molecule has 0 fully saturated rings. The van der Waals surface area contributed by atoms with Crippen molar-refractivity contribution >= 4 is 11.6 Å². The van der Waals surface area contributed by atoms with E-state index in [1.165, 1.54) is 0 Å². The fourth-order valence-corrected chi connectivity index (χ4v) is 3.52. The highest BCUT2D eigenvalue weighted by molar-refractivity contribution is 5.64. The first-order chi connectivity index (χ1) is 14.7. The summed E-state index contributed by atoms with van der Waals surface area (Å²) in [6.07, 6.45) is 7.62. The van der Waals surface area contributed by atoms with Crippen LogP contribution in [0.15, 0.2) is 85.6 Å². The summed E-state index contributed by atoms with van der Waals surface area (Å²) in [5, 5.41) is 9.46. The van der Waals surface area contributed by atoms with E-state index in [2.05, 4.69) is 32.8 Å². The smallest absolute Gasteiger partial charge is 0.137 e. The predicted molar refractivity (Wildman–Crippen MR) is 117 cm³/mol. The second-order valence-electron chi connectivity index (χ2n) is 7.09.